The average molecular weight is 408 g/mol. The zero-order chi connectivity index (χ0) is 20.8. The quantitative estimate of drug-likeness (QED) is 0.699. The van der Waals surface area contributed by atoms with Crippen LogP contribution in [0.25, 0.3) is 0 Å². The first kappa shape index (κ1) is 19.6. The zero-order valence-electron chi connectivity index (χ0n) is 16.2. The number of hydrogen-bond donors (Lipinski definition) is 1. The molecule has 8 nitrogen and oxygen atoms in total. The molecule has 2 amide bonds. The van der Waals surface area contributed by atoms with Gasteiger partial charge in [-0.3, -0.25) is 0 Å². The van der Waals surface area contributed by atoms with E-state index in [9.17, 15) is 9.18 Å². The Morgan fingerprint density at radius 2 is 1.77 bits per heavy atom. The van der Waals surface area contributed by atoms with Crippen LogP contribution in [-0.4, -0.2) is 52.1 Å². The molecule has 4 rings (SSSR count). The van der Waals surface area contributed by atoms with Gasteiger partial charge in [0.2, 0.25) is 11.8 Å². The number of aromatic nitrogens is 3. The van der Waals surface area contributed by atoms with Crippen molar-refractivity contribution >= 4 is 12.0 Å². The number of urea groups is 1. The fraction of sp³-hybridized carbons (Fsp3) is 0.238. The molecular weight excluding hydrogens is 387 g/mol. The van der Waals surface area contributed by atoms with Gasteiger partial charge in [-0.2, -0.15) is 0 Å². The van der Waals surface area contributed by atoms with Crippen molar-refractivity contribution in [2.24, 2.45) is 0 Å². The van der Waals surface area contributed by atoms with Gasteiger partial charge in [-0.1, -0.05) is 12.1 Å². The Bertz CT molecular complexity index is 996. The number of pyridine rings is 1. The minimum atomic E-state index is -0.390. The van der Waals surface area contributed by atoms with Crippen molar-refractivity contribution in [2.45, 2.75) is 6.54 Å². The van der Waals surface area contributed by atoms with Gasteiger partial charge in [-0.05, 0) is 24.3 Å². The van der Waals surface area contributed by atoms with Crippen molar-refractivity contribution in [3.63, 3.8) is 0 Å². The summed E-state index contributed by atoms with van der Waals surface area (Å²) in [5.74, 6) is 0.959. The molecule has 1 saturated heterocycles. The molecule has 0 spiro atoms. The summed E-state index contributed by atoms with van der Waals surface area (Å²) in [6.07, 6.45) is 5.00. The van der Waals surface area contributed by atoms with Gasteiger partial charge in [0.25, 0.3) is 0 Å². The third-order valence-corrected chi connectivity index (χ3v) is 4.69. The minimum absolute atomic E-state index is 0.163. The van der Waals surface area contributed by atoms with Crippen LogP contribution in [0.1, 0.15) is 5.56 Å². The van der Waals surface area contributed by atoms with E-state index in [4.69, 9.17) is 4.74 Å². The summed E-state index contributed by atoms with van der Waals surface area (Å²) in [5.41, 5.74) is 0.700. The lowest BCUT2D eigenvalue weighted by atomic mass is 10.2. The highest BCUT2D eigenvalue weighted by molar-refractivity contribution is 5.74. The SMILES string of the molecule is O=C(NCc1cccnc1Oc1cccc(F)c1)N1CCN(c2ncccn2)CC1. The third-order valence-electron chi connectivity index (χ3n) is 4.69. The van der Waals surface area contributed by atoms with Crippen LogP contribution < -0.4 is 15.0 Å². The van der Waals surface area contributed by atoms with Gasteiger partial charge in [-0.25, -0.2) is 24.1 Å². The Hall–Kier alpha value is -3.75. The number of nitrogens with one attached hydrogen (secondary N) is 1. The maximum Gasteiger partial charge on any atom is 0.317 e. The summed E-state index contributed by atoms with van der Waals surface area (Å²) >= 11 is 0. The van der Waals surface area contributed by atoms with Crippen LogP contribution in [-0.2, 0) is 6.54 Å². The molecule has 0 atom stereocenters. The van der Waals surface area contributed by atoms with Gasteiger partial charge in [0.15, 0.2) is 0 Å². The number of hydrogen-bond acceptors (Lipinski definition) is 6. The van der Waals surface area contributed by atoms with Crippen LogP contribution >= 0.6 is 0 Å². The van der Waals surface area contributed by atoms with Gasteiger partial charge in [0.1, 0.15) is 11.6 Å². The number of nitrogens with zero attached hydrogens (tertiary/aromatic N) is 5. The van der Waals surface area contributed by atoms with Crippen LogP contribution in [0.2, 0.25) is 0 Å². The summed E-state index contributed by atoms with van der Waals surface area (Å²) in [5, 5.41) is 2.90. The Morgan fingerprint density at radius 3 is 2.53 bits per heavy atom. The first-order chi connectivity index (χ1) is 14.7. The van der Waals surface area contributed by atoms with Gasteiger partial charge < -0.3 is 19.9 Å². The van der Waals surface area contributed by atoms with Gasteiger partial charge in [0.05, 0.1) is 0 Å². The normalized spacial score (nSPS) is 13.8. The fourth-order valence-corrected chi connectivity index (χ4v) is 3.14. The van der Waals surface area contributed by atoms with Crippen molar-refractivity contribution in [3.8, 4) is 11.6 Å². The minimum Gasteiger partial charge on any atom is -0.439 e. The van der Waals surface area contributed by atoms with E-state index < -0.39 is 5.82 Å². The van der Waals surface area contributed by atoms with Crippen molar-refractivity contribution in [3.05, 3.63) is 72.4 Å². The standard InChI is InChI=1S/C21H21FN6O2/c22-17-5-1-6-18(14-17)30-19-16(4-2-7-23-19)15-26-21(29)28-12-10-27(11-13-28)20-24-8-3-9-25-20/h1-9,14H,10-13,15H2,(H,26,29). The van der Waals surface area contributed by atoms with Gasteiger partial charge in [0, 0.05) is 62.9 Å². The predicted molar refractivity (Wildman–Crippen MR) is 109 cm³/mol. The maximum absolute atomic E-state index is 13.4. The molecule has 30 heavy (non-hydrogen) atoms. The van der Waals surface area contributed by atoms with Crippen LogP contribution in [0.4, 0.5) is 15.1 Å². The molecule has 3 heterocycles. The Kier molecular flexibility index (Phi) is 5.98. The van der Waals surface area contributed by atoms with Crippen molar-refractivity contribution in [1.82, 2.24) is 25.2 Å². The van der Waals surface area contributed by atoms with E-state index in [1.165, 1.54) is 12.1 Å². The van der Waals surface area contributed by atoms with E-state index in [-0.39, 0.29) is 12.6 Å². The molecule has 1 aromatic carbocycles. The molecule has 154 valence electrons. The first-order valence-electron chi connectivity index (χ1n) is 9.61. The fourth-order valence-electron chi connectivity index (χ4n) is 3.14. The topological polar surface area (TPSA) is 83.5 Å². The lowest BCUT2D eigenvalue weighted by molar-refractivity contribution is 0.193. The molecule has 1 N–H and O–H groups in total. The summed E-state index contributed by atoms with van der Waals surface area (Å²) in [6.45, 7) is 2.73. The number of carbonyl (C=O) groups excluding carboxylic acids is 1. The number of piperazine rings is 1. The van der Waals surface area contributed by atoms with Crippen LogP contribution in [0.3, 0.4) is 0 Å². The second-order valence-corrected chi connectivity index (χ2v) is 6.71. The van der Waals surface area contributed by atoms with E-state index in [2.05, 4.69) is 25.2 Å². The number of rotatable bonds is 5. The van der Waals surface area contributed by atoms with Crippen LogP contribution in [0.5, 0.6) is 11.6 Å². The number of halogens is 1. The number of benzene rings is 1. The molecule has 0 bridgehead atoms. The number of amides is 2. The summed E-state index contributed by atoms with van der Waals surface area (Å²) in [6, 6.07) is 11.0. The lowest BCUT2D eigenvalue weighted by Gasteiger charge is -2.34. The zero-order valence-corrected chi connectivity index (χ0v) is 16.2. The summed E-state index contributed by atoms with van der Waals surface area (Å²) in [7, 11) is 0. The Morgan fingerprint density at radius 1 is 1.00 bits per heavy atom. The van der Waals surface area contributed by atoms with E-state index in [1.54, 1.807) is 47.8 Å². The molecule has 0 saturated carbocycles. The molecule has 0 aliphatic carbocycles. The van der Waals surface area contributed by atoms with Crippen molar-refractivity contribution in [1.29, 1.82) is 0 Å². The van der Waals surface area contributed by atoms with E-state index >= 15 is 0 Å². The van der Waals surface area contributed by atoms with Crippen LogP contribution in [0, 0.1) is 5.82 Å². The first-order valence-corrected chi connectivity index (χ1v) is 9.61. The molecule has 0 unspecified atom stereocenters. The number of ether oxygens (including phenoxy) is 1. The smallest absolute Gasteiger partial charge is 0.317 e. The molecule has 1 aliphatic heterocycles. The molecule has 3 aromatic rings. The molecule has 2 aromatic heterocycles. The third kappa shape index (κ3) is 4.80. The predicted octanol–water partition coefficient (Wildman–Crippen LogP) is 2.83. The second-order valence-electron chi connectivity index (χ2n) is 6.71. The molecule has 0 radical (unpaired) electrons. The average Bonchev–Trinajstić information content (AvgIpc) is 2.79. The van der Waals surface area contributed by atoms with Crippen LogP contribution in [0.15, 0.2) is 61.1 Å². The molecule has 9 heteroatoms. The summed E-state index contributed by atoms with van der Waals surface area (Å²) < 4.78 is 19.1. The number of carbonyl (C=O) groups is 1. The maximum atomic E-state index is 13.4. The largest absolute Gasteiger partial charge is 0.439 e. The molecule has 1 fully saturated rings. The highest BCUT2D eigenvalue weighted by Gasteiger charge is 2.22. The Labute approximate surface area is 173 Å². The lowest BCUT2D eigenvalue weighted by Crippen LogP contribution is -2.52. The number of anilines is 1. The van der Waals surface area contributed by atoms with E-state index in [0.29, 0.717) is 49.3 Å². The second kappa shape index (κ2) is 9.17. The molecule has 1 aliphatic rings. The van der Waals surface area contributed by atoms with Gasteiger partial charge >= 0.3 is 6.03 Å². The van der Waals surface area contributed by atoms with Crippen molar-refractivity contribution < 1.29 is 13.9 Å². The molecular formula is C21H21FN6O2. The van der Waals surface area contributed by atoms with Crippen molar-refractivity contribution in [2.75, 3.05) is 31.1 Å². The summed E-state index contributed by atoms with van der Waals surface area (Å²) in [4.78, 5) is 29.1. The highest BCUT2D eigenvalue weighted by Crippen LogP contribution is 2.23. The highest BCUT2D eigenvalue weighted by atomic mass is 19.1. The van der Waals surface area contributed by atoms with E-state index in [1.807, 2.05) is 6.07 Å². The monoisotopic (exact) mass is 408 g/mol. The van der Waals surface area contributed by atoms with E-state index in [0.717, 1.165) is 0 Å². The Balaban J connectivity index is 1.32. The van der Waals surface area contributed by atoms with Gasteiger partial charge in [-0.15, -0.1) is 0 Å².